The topological polar surface area (TPSA) is 132 Å². The van der Waals surface area contributed by atoms with Gasteiger partial charge in [0.1, 0.15) is 11.6 Å². The molecule has 126 valence electrons. The average molecular weight is 343 g/mol. The molecule has 1 rings (SSSR count). The second-order valence-corrected chi connectivity index (χ2v) is 6.31. The third-order valence-corrected chi connectivity index (χ3v) is 3.24. The van der Waals surface area contributed by atoms with E-state index < -0.39 is 34.9 Å². The lowest BCUT2D eigenvalue weighted by molar-refractivity contribution is -0.388. The predicted octanol–water partition coefficient (Wildman–Crippen LogP) is 1.77. The van der Waals surface area contributed by atoms with Crippen molar-refractivity contribution in [2.24, 2.45) is 0 Å². The van der Waals surface area contributed by atoms with Crippen molar-refractivity contribution in [1.29, 1.82) is 0 Å². The van der Waals surface area contributed by atoms with Gasteiger partial charge in [-0.2, -0.15) is 0 Å². The number of aromatic nitrogens is 1. The first-order valence-electron chi connectivity index (χ1n) is 6.56. The third kappa shape index (κ3) is 6.61. The van der Waals surface area contributed by atoms with Gasteiger partial charge in [0.15, 0.2) is 5.03 Å². The molecule has 0 aliphatic rings. The molecule has 0 amide bonds. The summed E-state index contributed by atoms with van der Waals surface area (Å²) in [7, 11) is 0. The van der Waals surface area contributed by atoms with E-state index in [4.69, 9.17) is 9.84 Å². The van der Waals surface area contributed by atoms with Crippen molar-refractivity contribution in [3.05, 3.63) is 28.4 Å². The van der Waals surface area contributed by atoms with E-state index in [1.54, 1.807) is 20.8 Å². The van der Waals surface area contributed by atoms with E-state index in [2.05, 4.69) is 9.71 Å². The number of carbonyl (C=O) groups is 2. The quantitative estimate of drug-likeness (QED) is 0.329. The fourth-order valence-electron chi connectivity index (χ4n) is 1.46. The molecular weight excluding hydrogens is 326 g/mol. The lowest BCUT2D eigenvalue weighted by atomic mass is 10.2. The zero-order valence-electron chi connectivity index (χ0n) is 12.8. The number of rotatable bonds is 7. The van der Waals surface area contributed by atoms with Crippen LogP contribution in [0.5, 0.6) is 0 Å². The summed E-state index contributed by atoms with van der Waals surface area (Å²) in [5, 5.41) is 20.0. The van der Waals surface area contributed by atoms with Gasteiger partial charge in [-0.25, -0.2) is 9.71 Å². The van der Waals surface area contributed by atoms with Gasteiger partial charge in [0.05, 0.1) is 11.3 Å². The highest BCUT2D eigenvalue weighted by molar-refractivity contribution is 7.97. The monoisotopic (exact) mass is 343 g/mol. The van der Waals surface area contributed by atoms with Crippen LogP contribution in [0.3, 0.4) is 0 Å². The molecule has 0 fully saturated rings. The van der Waals surface area contributed by atoms with E-state index in [0.717, 1.165) is 0 Å². The molecule has 1 aromatic heterocycles. The van der Waals surface area contributed by atoms with Crippen LogP contribution in [-0.2, 0) is 14.3 Å². The molecule has 0 radical (unpaired) electrons. The molecule has 23 heavy (non-hydrogen) atoms. The van der Waals surface area contributed by atoms with Crippen molar-refractivity contribution >= 4 is 29.6 Å². The molecule has 0 saturated heterocycles. The number of hydrogen-bond acceptors (Lipinski definition) is 8. The summed E-state index contributed by atoms with van der Waals surface area (Å²) in [6.45, 7) is 5.00. The minimum absolute atomic E-state index is 0.00735. The van der Waals surface area contributed by atoms with Gasteiger partial charge >= 0.3 is 17.6 Å². The highest BCUT2D eigenvalue weighted by Crippen LogP contribution is 2.24. The first-order valence-corrected chi connectivity index (χ1v) is 7.38. The number of nitrogens with one attached hydrogen (secondary N) is 1. The van der Waals surface area contributed by atoms with Crippen LogP contribution in [0.1, 0.15) is 27.2 Å². The summed E-state index contributed by atoms with van der Waals surface area (Å²) in [5.74, 6) is -1.96. The van der Waals surface area contributed by atoms with Gasteiger partial charge < -0.3 is 9.84 Å². The number of aliphatic carboxylic acids is 1. The highest BCUT2D eigenvalue weighted by atomic mass is 32.2. The Morgan fingerprint density at radius 1 is 1.52 bits per heavy atom. The molecule has 10 heteroatoms. The molecule has 0 aliphatic heterocycles. The fraction of sp³-hybridized carbons (Fsp3) is 0.462. The highest BCUT2D eigenvalue weighted by Gasteiger charge is 2.26. The second-order valence-electron chi connectivity index (χ2n) is 5.49. The standard InChI is InChI=1S/C13H17N3O6S/c1-13(2,3)22-10(17)7-8(12(18)19)15-23-11-9(16(20)21)5-4-6-14-11/h4-6,8,15H,7H2,1-3H3,(H,18,19). The molecule has 0 saturated carbocycles. The molecule has 1 atom stereocenters. The number of ether oxygens (including phenoxy) is 1. The SMILES string of the molecule is CC(C)(C)OC(=O)CC(NSc1ncccc1[N+](=O)[O-])C(=O)O. The zero-order chi connectivity index (χ0) is 17.6. The number of carbonyl (C=O) groups excluding carboxylic acids is 1. The van der Waals surface area contributed by atoms with Crippen LogP contribution in [0.2, 0.25) is 0 Å². The van der Waals surface area contributed by atoms with Crippen LogP contribution in [0.4, 0.5) is 5.69 Å². The number of carboxylic acids is 1. The molecule has 2 N–H and O–H groups in total. The van der Waals surface area contributed by atoms with Gasteiger partial charge in [-0.05, 0) is 38.8 Å². The first kappa shape index (κ1) is 18.8. The van der Waals surface area contributed by atoms with Crippen LogP contribution in [0, 0.1) is 10.1 Å². The second kappa shape index (κ2) is 7.88. The number of nitrogens with zero attached hydrogens (tertiary/aromatic N) is 2. The summed E-state index contributed by atoms with van der Waals surface area (Å²) < 4.78 is 7.55. The number of nitro groups is 1. The van der Waals surface area contributed by atoms with E-state index in [-0.39, 0.29) is 10.7 Å². The van der Waals surface area contributed by atoms with Crippen LogP contribution in [-0.4, -0.2) is 38.6 Å². The van der Waals surface area contributed by atoms with Crippen molar-refractivity contribution < 1.29 is 24.4 Å². The van der Waals surface area contributed by atoms with Gasteiger partial charge in [-0.3, -0.25) is 19.7 Å². The van der Waals surface area contributed by atoms with Gasteiger partial charge in [-0.15, -0.1) is 0 Å². The van der Waals surface area contributed by atoms with Crippen molar-refractivity contribution in [2.75, 3.05) is 0 Å². The predicted molar refractivity (Wildman–Crippen MR) is 81.8 cm³/mol. The maximum Gasteiger partial charge on any atom is 0.322 e. The first-order chi connectivity index (χ1) is 10.6. The van der Waals surface area contributed by atoms with E-state index in [1.807, 2.05) is 0 Å². The molecule has 0 spiro atoms. The number of esters is 1. The molecule has 0 aliphatic carbocycles. The normalized spacial score (nSPS) is 12.5. The largest absolute Gasteiger partial charge is 0.480 e. The van der Waals surface area contributed by atoms with Crippen LogP contribution < -0.4 is 4.72 Å². The number of pyridine rings is 1. The average Bonchev–Trinajstić information content (AvgIpc) is 2.41. The van der Waals surface area contributed by atoms with E-state index in [0.29, 0.717) is 11.9 Å². The van der Waals surface area contributed by atoms with Crippen LogP contribution in [0.15, 0.2) is 23.4 Å². The Bertz CT molecular complexity index is 602. The Labute approximate surface area is 136 Å². The molecular formula is C13H17N3O6S. The molecule has 9 nitrogen and oxygen atoms in total. The van der Waals surface area contributed by atoms with Crippen LogP contribution >= 0.6 is 11.9 Å². The Morgan fingerprint density at radius 3 is 2.70 bits per heavy atom. The maximum atomic E-state index is 11.7. The summed E-state index contributed by atoms with van der Waals surface area (Å²) in [6.07, 6.45) is 0.931. The Kier molecular flexibility index (Phi) is 6.46. The lowest BCUT2D eigenvalue weighted by Crippen LogP contribution is -2.36. The number of hydrogen-bond donors (Lipinski definition) is 2. The van der Waals surface area contributed by atoms with E-state index >= 15 is 0 Å². The summed E-state index contributed by atoms with van der Waals surface area (Å²) in [4.78, 5) is 37.0. The molecule has 1 aromatic rings. The van der Waals surface area contributed by atoms with Gasteiger partial charge in [0.25, 0.3) is 0 Å². The molecule has 0 aromatic carbocycles. The minimum Gasteiger partial charge on any atom is -0.480 e. The van der Waals surface area contributed by atoms with Crippen molar-refractivity contribution in [3.63, 3.8) is 0 Å². The van der Waals surface area contributed by atoms with E-state index in [1.165, 1.54) is 18.3 Å². The van der Waals surface area contributed by atoms with Gasteiger partial charge in [0.2, 0.25) is 0 Å². The Hall–Kier alpha value is -2.20. The summed E-state index contributed by atoms with van der Waals surface area (Å²) in [6, 6.07) is 1.38. The van der Waals surface area contributed by atoms with E-state index in [9.17, 15) is 19.7 Å². The lowest BCUT2D eigenvalue weighted by Gasteiger charge is -2.21. The molecule has 0 bridgehead atoms. The van der Waals surface area contributed by atoms with Crippen LogP contribution in [0.25, 0.3) is 0 Å². The van der Waals surface area contributed by atoms with Crippen molar-refractivity contribution in [1.82, 2.24) is 9.71 Å². The summed E-state index contributed by atoms with van der Waals surface area (Å²) in [5.41, 5.74) is -0.987. The van der Waals surface area contributed by atoms with Gasteiger partial charge in [0, 0.05) is 12.3 Å². The smallest absolute Gasteiger partial charge is 0.322 e. The maximum absolute atomic E-state index is 11.7. The van der Waals surface area contributed by atoms with Gasteiger partial charge in [-0.1, -0.05) is 0 Å². The number of carboxylic acid groups (broad SMARTS) is 1. The summed E-state index contributed by atoms with van der Waals surface area (Å²) >= 11 is 0.680. The third-order valence-electron chi connectivity index (χ3n) is 2.33. The minimum atomic E-state index is -1.28. The van der Waals surface area contributed by atoms with Crippen molar-refractivity contribution in [2.45, 2.75) is 43.9 Å². The zero-order valence-corrected chi connectivity index (χ0v) is 13.6. The molecule has 1 unspecified atom stereocenters. The van der Waals surface area contributed by atoms with Crippen molar-refractivity contribution in [3.8, 4) is 0 Å². The Balaban J connectivity index is 2.73. The molecule has 1 heterocycles. The fourth-order valence-corrected chi connectivity index (χ4v) is 2.25. The Morgan fingerprint density at radius 2 is 2.17 bits per heavy atom.